The maximum Gasteiger partial charge on any atom is 0.252 e. The van der Waals surface area contributed by atoms with Gasteiger partial charge in [0.25, 0.3) is 5.91 Å². The Bertz CT molecular complexity index is 639. The van der Waals surface area contributed by atoms with Crippen LogP contribution in [0.25, 0.3) is 0 Å². The van der Waals surface area contributed by atoms with Crippen LogP contribution in [0.15, 0.2) is 28.9 Å². The summed E-state index contributed by atoms with van der Waals surface area (Å²) >= 11 is 3.09. The second-order valence-electron chi connectivity index (χ2n) is 4.41. The molecular formula is C14H15BrFN3O. The lowest BCUT2D eigenvalue weighted by Crippen LogP contribution is -2.23. The minimum absolute atomic E-state index is 0.180. The number of aryl methyl sites for hydroxylation is 2. The van der Waals surface area contributed by atoms with Crippen LogP contribution in [0, 0.1) is 5.82 Å². The third-order valence-corrected chi connectivity index (χ3v) is 3.77. The minimum atomic E-state index is -0.451. The highest BCUT2D eigenvalue weighted by molar-refractivity contribution is 9.10. The zero-order valence-corrected chi connectivity index (χ0v) is 12.9. The van der Waals surface area contributed by atoms with Gasteiger partial charge in [0.2, 0.25) is 0 Å². The Hall–Kier alpha value is -1.69. The van der Waals surface area contributed by atoms with Crippen LogP contribution in [0.4, 0.5) is 4.39 Å². The van der Waals surface area contributed by atoms with Crippen molar-refractivity contribution in [1.82, 2.24) is 15.1 Å². The van der Waals surface area contributed by atoms with Crippen molar-refractivity contribution in [2.24, 2.45) is 7.05 Å². The summed E-state index contributed by atoms with van der Waals surface area (Å²) < 4.78 is 15.3. The molecule has 1 amide bonds. The molecule has 1 aromatic heterocycles. The zero-order valence-electron chi connectivity index (χ0n) is 11.3. The van der Waals surface area contributed by atoms with Crippen LogP contribution < -0.4 is 5.32 Å². The molecule has 0 spiro atoms. The van der Waals surface area contributed by atoms with Gasteiger partial charge in [-0.2, -0.15) is 5.10 Å². The van der Waals surface area contributed by atoms with Crippen LogP contribution in [0.3, 0.4) is 0 Å². The second kappa shape index (κ2) is 6.17. The van der Waals surface area contributed by atoms with Crippen molar-refractivity contribution in [1.29, 1.82) is 0 Å². The van der Waals surface area contributed by atoms with Crippen molar-refractivity contribution in [2.45, 2.75) is 19.9 Å². The van der Waals surface area contributed by atoms with Gasteiger partial charge in [0.15, 0.2) is 0 Å². The monoisotopic (exact) mass is 339 g/mol. The number of hydrogen-bond acceptors (Lipinski definition) is 2. The molecule has 106 valence electrons. The first-order chi connectivity index (χ1) is 9.52. The molecule has 0 fully saturated rings. The minimum Gasteiger partial charge on any atom is -0.348 e. The van der Waals surface area contributed by atoms with Gasteiger partial charge in [0.1, 0.15) is 5.82 Å². The number of hydrogen-bond donors (Lipinski definition) is 1. The Morgan fingerprint density at radius 1 is 1.50 bits per heavy atom. The van der Waals surface area contributed by atoms with E-state index >= 15 is 0 Å². The maximum absolute atomic E-state index is 13.4. The van der Waals surface area contributed by atoms with Crippen molar-refractivity contribution < 1.29 is 9.18 Å². The third kappa shape index (κ3) is 3.07. The fourth-order valence-electron chi connectivity index (χ4n) is 1.98. The molecule has 0 saturated carbocycles. The van der Waals surface area contributed by atoms with E-state index in [-0.39, 0.29) is 15.9 Å². The number of carbonyl (C=O) groups excluding carboxylic acids is 1. The van der Waals surface area contributed by atoms with Gasteiger partial charge in [-0.15, -0.1) is 0 Å². The molecule has 0 aliphatic carbocycles. The standard InChI is InChI=1S/C14H15BrFN3O/c1-3-12-9(8-19(2)18-12)7-17-14(20)10-5-4-6-11(16)13(10)15/h4-6,8H,3,7H2,1-2H3,(H,17,20). The summed E-state index contributed by atoms with van der Waals surface area (Å²) in [6.07, 6.45) is 2.68. The van der Waals surface area contributed by atoms with Gasteiger partial charge >= 0.3 is 0 Å². The number of amides is 1. The molecule has 0 unspecified atom stereocenters. The third-order valence-electron chi connectivity index (χ3n) is 2.96. The topological polar surface area (TPSA) is 46.9 Å². The first-order valence-corrected chi connectivity index (χ1v) is 7.05. The van der Waals surface area contributed by atoms with Crippen LogP contribution in [0.2, 0.25) is 0 Å². The summed E-state index contributed by atoms with van der Waals surface area (Å²) in [6, 6.07) is 4.39. The summed E-state index contributed by atoms with van der Waals surface area (Å²) in [5.74, 6) is -0.768. The number of benzene rings is 1. The highest BCUT2D eigenvalue weighted by Gasteiger charge is 2.14. The van der Waals surface area contributed by atoms with E-state index < -0.39 is 5.82 Å². The van der Waals surface area contributed by atoms with Crippen LogP contribution in [0.5, 0.6) is 0 Å². The molecule has 2 rings (SSSR count). The smallest absolute Gasteiger partial charge is 0.252 e. The van der Waals surface area contributed by atoms with Crippen LogP contribution >= 0.6 is 15.9 Å². The number of halogens is 2. The van der Waals surface area contributed by atoms with Crippen LogP contribution in [0.1, 0.15) is 28.5 Å². The molecule has 0 aliphatic rings. The van der Waals surface area contributed by atoms with Crippen LogP contribution in [-0.2, 0) is 20.0 Å². The number of carbonyl (C=O) groups is 1. The molecule has 20 heavy (non-hydrogen) atoms. The SMILES string of the molecule is CCc1nn(C)cc1CNC(=O)c1cccc(F)c1Br. The fraction of sp³-hybridized carbons (Fsp3) is 0.286. The van der Waals surface area contributed by atoms with Gasteiger partial charge < -0.3 is 5.32 Å². The van der Waals surface area contributed by atoms with E-state index in [0.717, 1.165) is 17.7 Å². The first-order valence-electron chi connectivity index (χ1n) is 6.26. The molecule has 6 heteroatoms. The van der Waals surface area contributed by atoms with Gasteiger partial charge in [-0.05, 0) is 34.5 Å². The Morgan fingerprint density at radius 2 is 2.25 bits per heavy atom. The number of nitrogens with zero attached hydrogens (tertiary/aromatic N) is 2. The normalized spacial score (nSPS) is 10.6. The molecule has 1 aromatic carbocycles. The second-order valence-corrected chi connectivity index (χ2v) is 5.21. The quantitative estimate of drug-likeness (QED) is 0.930. The largest absolute Gasteiger partial charge is 0.348 e. The Balaban J connectivity index is 2.10. The van der Waals surface area contributed by atoms with E-state index in [0.29, 0.717) is 6.54 Å². The molecule has 1 N–H and O–H groups in total. The van der Waals surface area contributed by atoms with Crippen molar-refractivity contribution >= 4 is 21.8 Å². The summed E-state index contributed by atoms with van der Waals surface area (Å²) in [5.41, 5.74) is 2.20. The van der Waals surface area contributed by atoms with Crippen LogP contribution in [-0.4, -0.2) is 15.7 Å². The average molecular weight is 340 g/mol. The Morgan fingerprint density at radius 3 is 2.95 bits per heavy atom. The van der Waals surface area contributed by atoms with E-state index in [9.17, 15) is 9.18 Å². The predicted octanol–water partition coefficient (Wildman–Crippen LogP) is 2.81. The fourth-order valence-corrected chi connectivity index (χ4v) is 2.42. The summed E-state index contributed by atoms with van der Waals surface area (Å²) in [5, 5.41) is 7.09. The number of aromatic nitrogens is 2. The Labute approximate surface area is 125 Å². The van der Waals surface area contributed by atoms with Crippen molar-refractivity contribution in [3.8, 4) is 0 Å². The lowest BCUT2D eigenvalue weighted by molar-refractivity contribution is 0.0949. The average Bonchev–Trinajstić information content (AvgIpc) is 2.79. The molecule has 4 nitrogen and oxygen atoms in total. The van der Waals surface area contributed by atoms with E-state index in [1.165, 1.54) is 12.1 Å². The molecule has 0 bridgehead atoms. The Kier molecular flexibility index (Phi) is 4.54. The van der Waals surface area contributed by atoms with Crippen molar-refractivity contribution in [3.05, 3.63) is 51.5 Å². The molecule has 2 aromatic rings. The molecular weight excluding hydrogens is 325 g/mol. The van der Waals surface area contributed by atoms with Gasteiger partial charge in [0, 0.05) is 25.4 Å². The summed E-state index contributed by atoms with van der Waals surface area (Å²) in [4.78, 5) is 12.1. The van der Waals surface area contributed by atoms with E-state index in [1.807, 2.05) is 20.2 Å². The lowest BCUT2D eigenvalue weighted by atomic mass is 10.2. The lowest BCUT2D eigenvalue weighted by Gasteiger charge is -2.07. The molecule has 0 aliphatic heterocycles. The van der Waals surface area contributed by atoms with Gasteiger partial charge in [-0.3, -0.25) is 9.48 Å². The van der Waals surface area contributed by atoms with Gasteiger partial charge in [-0.25, -0.2) is 4.39 Å². The summed E-state index contributed by atoms with van der Waals surface area (Å²) in [6.45, 7) is 2.38. The van der Waals surface area contributed by atoms with Gasteiger partial charge in [0.05, 0.1) is 15.7 Å². The maximum atomic E-state index is 13.4. The summed E-state index contributed by atoms with van der Waals surface area (Å²) in [7, 11) is 1.84. The van der Waals surface area contributed by atoms with E-state index in [1.54, 1.807) is 10.7 Å². The van der Waals surface area contributed by atoms with Crippen molar-refractivity contribution in [3.63, 3.8) is 0 Å². The predicted molar refractivity (Wildman–Crippen MR) is 77.9 cm³/mol. The molecule has 0 atom stereocenters. The molecule has 1 heterocycles. The number of rotatable bonds is 4. The molecule has 0 saturated heterocycles. The first kappa shape index (κ1) is 14.7. The highest BCUT2D eigenvalue weighted by Crippen LogP contribution is 2.20. The van der Waals surface area contributed by atoms with Gasteiger partial charge in [-0.1, -0.05) is 13.0 Å². The van der Waals surface area contributed by atoms with Crippen molar-refractivity contribution in [2.75, 3.05) is 0 Å². The van der Waals surface area contributed by atoms with E-state index in [2.05, 4.69) is 26.3 Å². The van der Waals surface area contributed by atoms with E-state index in [4.69, 9.17) is 0 Å². The highest BCUT2D eigenvalue weighted by atomic mass is 79.9. The number of nitrogens with one attached hydrogen (secondary N) is 1. The zero-order chi connectivity index (χ0) is 14.7. The molecule has 0 radical (unpaired) electrons.